The smallest absolute Gasteiger partial charge is 0.225 e. The van der Waals surface area contributed by atoms with Crippen LogP contribution in [0, 0.1) is 5.92 Å². The van der Waals surface area contributed by atoms with Gasteiger partial charge in [-0.05, 0) is 37.0 Å². The molecule has 1 N–H and O–H groups in total. The van der Waals surface area contributed by atoms with Crippen molar-refractivity contribution in [2.24, 2.45) is 5.92 Å². The van der Waals surface area contributed by atoms with Crippen molar-refractivity contribution in [3.8, 4) is 11.1 Å². The van der Waals surface area contributed by atoms with Gasteiger partial charge in [-0.1, -0.05) is 6.42 Å². The van der Waals surface area contributed by atoms with E-state index in [2.05, 4.69) is 15.3 Å². The number of anilines is 1. The number of amides is 1. The number of hydrogen-bond acceptors (Lipinski definition) is 6. The van der Waals surface area contributed by atoms with Crippen molar-refractivity contribution in [3.63, 3.8) is 0 Å². The van der Waals surface area contributed by atoms with Crippen LogP contribution in [0.1, 0.15) is 31.4 Å². The Morgan fingerprint density at radius 3 is 2.79 bits per heavy atom. The van der Waals surface area contributed by atoms with Crippen molar-refractivity contribution in [3.05, 3.63) is 36.4 Å². The summed E-state index contributed by atoms with van der Waals surface area (Å²) in [4.78, 5) is 27.7. The van der Waals surface area contributed by atoms with E-state index in [1.165, 1.54) is 0 Å². The summed E-state index contributed by atoms with van der Waals surface area (Å²) in [5.74, 6) is 0.824. The predicted molar refractivity (Wildman–Crippen MR) is 109 cm³/mol. The highest BCUT2D eigenvalue weighted by Gasteiger charge is 2.27. The zero-order valence-electron chi connectivity index (χ0n) is 16.9. The van der Waals surface area contributed by atoms with E-state index in [-0.39, 0.29) is 17.9 Å². The van der Waals surface area contributed by atoms with Crippen LogP contribution in [0.15, 0.2) is 30.7 Å². The molecule has 1 amide bonds. The molecule has 2 heterocycles. The molecule has 0 saturated heterocycles. The van der Waals surface area contributed by atoms with Crippen LogP contribution in [-0.4, -0.2) is 54.7 Å². The summed E-state index contributed by atoms with van der Waals surface area (Å²) in [5, 5.41) is 3.09. The van der Waals surface area contributed by atoms with E-state index >= 15 is 0 Å². The Hall–Kier alpha value is -2.54. The number of aromatic nitrogens is 3. The lowest BCUT2D eigenvalue weighted by molar-refractivity contribution is -0.127. The SMILES string of the molecule is COC1CCCC(C(=O)NCCc2nc(N(C)C)ncc2-c2ccncc2)C1. The van der Waals surface area contributed by atoms with Crippen LogP contribution < -0.4 is 10.2 Å². The monoisotopic (exact) mass is 383 g/mol. The van der Waals surface area contributed by atoms with Gasteiger partial charge in [-0.25, -0.2) is 9.97 Å². The van der Waals surface area contributed by atoms with Crippen LogP contribution in [0.2, 0.25) is 0 Å². The molecular weight excluding hydrogens is 354 g/mol. The first kappa shape index (κ1) is 20.2. The molecule has 0 aromatic carbocycles. The lowest BCUT2D eigenvalue weighted by Gasteiger charge is -2.27. The van der Waals surface area contributed by atoms with Crippen LogP contribution in [0.5, 0.6) is 0 Å². The highest BCUT2D eigenvalue weighted by molar-refractivity contribution is 5.78. The van der Waals surface area contributed by atoms with Gasteiger partial charge in [0.05, 0.1) is 11.8 Å². The molecule has 1 fully saturated rings. The Kier molecular flexibility index (Phi) is 6.92. The van der Waals surface area contributed by atoms with Crippen LogP contribution in [0.3, 0.4) is 0 Å². The molecule has 1 aliphatic carbocycles. The van der Waals surface area contributed by atoms with Crippen molar-refractivity contribution in [1.29, 1.82) is 0 Å². The molecule has 7 heteroatoms. The molecule has 3 rings (SSSR count). The number of rotatable bonds is 7. The maximum absolute atomic E-state index is 12.6. The molecule has 2 aromatic heterocycles. The summed E-state index contributed by atoms with van der Waals surface area (Å²) in [7, 11) is 5.56. The summed E-state index contributed by atoms with van der Waals surface area (Å²) in [6.07, 6.45) is 10.0. The van der Waals surface area contributed by atoms with Crippen molar-refractivity contribution < 1.29 is 9.53 Å². The van der Waals surface area contributed by atoms with Crippen LogP contribution in [0.4, 0.5) is 5.95 Å². The molecule has 28 heavy (non-hydrogen) atoms. The van der Waals surface area contributed by atoms with Gasteiger partial charge in [-0.3, -0.25) is 9.78 Å². The van der Waals surface area contributed by atoms with E-state index < -0.39 is 0 Å². The first-order valence-corrected chi connectivity index (χ1v) is 9.82. The summed E-state index contributed by atoms with van der Waals surface area (Å²) in [6.45, 7) is 0.551. The first-order chi connectivity index (χ1) is 13.6. The quantitative estimate of drug-likeness (QED) is 0.791. The van der Waals surface area contributed by atoms with E-state index in [1.54, 1.807) is 19.5 Å². The topological polar surface area (TPSA) is 80.2 Å². The molecule has 7 nitrogen and oxygen atoms in total. The fourth-order valence-corrected chi connectivity index (χ4v) is 3.63. The zero-order chi connectivity index (χ0) is 19.9. The molecule has 1 aliphatic rings. The largest absolute Gasteiger partial charge is 0.381 e. The molecule has 2 unspecified atom stereocenters. The van der Waals surface area contributed by atoms with Gasteiger partial charge in [-0.2, -0.15) is 0 Å². The van der Waals surface area contributed by atoms with Gasteiger partial charge in [0.2, 0.25) is 11.9 Å². The fraction of sp³-hybridized carbons (Fsp3) is 0.524. The van der Waals surface area contributed by atoms with Gasteiger partial charge in [0.15, 0.2) is 0 Å². The molecule has 0 spiro atoms. The Balaban J connectivity index is 1.67. The molecule has 150 valence electrons. The van der Waals surface area contributed by atoms with Crippen LogP contribution >= 0.6 is 0 Å². The Morgan fingerprint density at radius 2 is 2.07 bits per heavy atom. The number of methoxy groups -OCH3 is 1. The van der Waals surface area contributed by atoms with Crippen molar-refractivity contribution in [2.45, 2.75) is 38.2 Å². The maximum atomic E-state index is 12.6. The Morgan fingerprint density at radius 1 is 1.29 bits per heavy atom. The number of ether oxygens (including phenoxy) is 1. The Bertz CT molecular complexity index is 782. The second-order valence-electron chi connectivity index (χ2n) is 7.42. The molecule has 2 atom stereocenters. The molecule has 0 bridgehead atoms. The third-order valence-electron chi connectivity index (χ3n) is 5.24. The van der Waals surface area contributed by atoms with Crippen molar-refractivity contribution in [1.82, 2.24) is 20.3 Å². The van der Waals surface area contributed by atoms with Gasteiger partial charge < -0.3 is 15.0 Å². The maximum Gasteiger partial charge on any atom is 0.225 e. The van der Waals surface area contributed by atoms with E-state index in [0.29, 0.717) is 18.9 Å². The van der Waals surface area contributed by atoms with Gasteiger partial charge in [0.25, 0.3) is 0 Å². The minimum atomic E-state index is 0.0427. The minimum Gasteiger partial charge on any atom is -0.381 e. The third kappa shape index (κ3) is 5.04. The summed E-state index contributed by atoms with van der Waals surface area (Å²) >= 11 is 0. The van der Waals surface area contributed by atoms with Gasteiger partial charge in [0.1, 0.15) is 0 Å². The standard InChI is InChI=1S/C21H29N5O2/c1-26(2)21-24-14-18(15-7-10-22-11-8-15)19(25-21)9-12-23-20(27)16-5-4-6-17(13-16)28-3/h7-8,10-11,14,16-17H,4-6,9,12-13H2,1-3H3,(H,23,27). The summed E-state index contributed by atoms with van der Waals surface area (Å²) < 4.78 is 5.44. The molecule has 1 saturated carbocycles. The van der Waals surface area contributed by atoms with E-state index in [0.717, 1.165) is 42.5 Å². The number of nitrogens with zero attached hydrogens (tertiary/aromatic N) is 4. The highest BCUT2D eigenvalue weighted by Crippen LogP contribution is 2.26. The van der Waals surface area contributed by atoms with Gasteiger partial charge >= 0.3 is 0 Å². The van der Waals surface area contributed by atoms with E-state index in [1.807, 2.05) is 37.3 Å². The fourth-order valence-electron chi connectivity index (χ4n) is 3.63. The van der Waals surface area contributed by atoms with Gasteiger partial charge in [0, 0.05) is 64.2 Å². The second kappa shape index (κ2) is 9.59. The predicted octanol–water partition coefficient (Wildman–Crippen LogP) is 2.47. The lowest BCUT2D eigenvalue weighted by Crippen LogP contribution is -2.36. The Labute approximate surface area is 166 Å². The van der Waals surface area contributed by atoms with Crippen molar-refractivity contribution >= 4 is 11.9 Å². The molecule has 2 aromatic rings. The highest BCUT2D eigenvalue weighted by atomic mass is 16.5. The van der Waals surface area contributed by atoms with Crippen molar-refractivity contribution in [2.75, 3.05) is 32.6 Å². The average Bonchev–Trinajstić information content (AvgIpc) is 2.74. The lowest BCUT2D eigenvalue weighted by atomic mass is 9.86. The number of hydrogen-bond donors (Lipinski definition) is 1. The second-order valence-corrected chi connectivity index (χ2v) is 7.42. The zero-order valence-corrected chi connectivity index (χ0v) is 16.9. The number of nitrogens with one attached hydrogen (secondary N) is 1. The third-order valence-corrected chi connectivity index (χ3v) is 5.24. The average molecular weight is 383 g/mol. The summed E-state index contributed by atoms with van der Waals surface area (Å²) in [5.41, 5.74) is 2.92. The summed E-state index contributed by atoms with van der Waals surface area (Å²) in [6, 6.07) is 3.89. The first-order valence-electron chi connectivity index (χ1n) is 9.82. The van der Waals surface area contributed by atoms with E-state index in [9.17, 15) is 4.79 Å². The number of pyridine rings is 1. The minimum absolute atomic E-state index is 0.0427. The van der Waals surface area contributed by atoms with Crippen LogP contribution in [-0.2, 0) is 16.0 Å². The van der Waals surface area contributed by atoms with Crippen LogP contribution in [0.25, 0.3) is 11.1 Å². The van der Waals surface area contributed by atoms with E-state index in [4.69, 9.17) is 9.72 Å². The number of carbonyl (C=O) groups is 1. The normalized spacial score (nSPS) is 19.2. The molecule has 0 radical (unpaired) electrons. The molecular formula is C21H29N5O2. The number of carbonyl (C=O) groups excluding carboxylic acids is 1. The molecule has 0 aliphatic heterocycles. The van der Waals surface area contributed by atoms with Gasteiger partial charge in [-0.15, -0.1) is 0 Å².